The first kappa shape index (κ1) is 11.3. The first-order chi connectivity index (χ1) is 7.54. The Morgan fingerprint density at radius 1 is 1.38 bits per heavy atom. The van der Waals surface area contributed by atoms with Gasteiger partial charge in [-0.2, -0.15) is 0 Å². The van der Waals surface area contributed by atoms with Crippen molar-refractivity contribution in [1.82, 2.24) is 4.98 Å². The van der Waals surface area contributed by atoms with Crippen molar-refractivity contribution in [3.63, 3.8) is 0 Å². The van der Waals surface area contributed by atoms with Gasteiger partial charge in [0.25, 0.3) is 0 Å². The largest absolute Gasteiger partial charge is 0.313 e. The molecule has 1 aromatic heterocycles. The molecule has 84 valence electrons. The van der Waals surface area contributed by atoms with E-state index in [4.69, 9.17) is 0 Å². The van der Waals surface area contributed by atoms with Crippen molar-refractivity contribution in [2.75, 3.05) is 6.26 Å². The summed E-state index contributed by atoms with van der Waals surface area (Å²) < 4.78 is 20.4. The molecule has 1 atom stereocenters. The standard InChI is InChI=1S/C11H11NO2S2/c1-16(13,14)8-11-12-7-10(15-11)9-5-3-2-4-6-9/h2-8H,1H3,(H,13,14). The topological polar surface area (TPSA) is 50.2 Å². The van der Waals surface area contributed by atoms with Gasteiger partial charge in [0.2, 0.25) is 0 Å². The molecule has 0 aliphatic carbocycles. The van der Waals surface area contributed by atoms with Crippen molar-refractivity contribution in [1.29, 1.82) is 0 Å². The highest BCUT2D eigenvalue weighted by Crippen LogP contribution is 2.24. The van der Waals surface area contributed by atoms with E-state index in [-0.39, 0.29) is 0 Å². The molecule has 16 heavy (non-hydrogen) atoms. The lowest BCUT2D eigenvalue weighted by Crippen LogP contribution is -1.98. The van der Waals surface area contributed by atoms with Crippen LogP contribution in [0.1, 0.15) is 5.01 Å². The van der Waals surface area contributed by atoms with Gasteiger partial charge in [0.15, 0.2) is 0 Å². The van der Waals surface area contributed by atoms with E-state index in [9.17, 15) is 8.76 Å². The quantitative estimate of drug-likeness (QED) is 0.836. The van der Waals surface area contributed by atoms with Gasteiger partial charge in [-0.3, -0.25) is 0 Å². The predicted octanol–water partition coefficient (Wildman–Crippen LogP) is 2.35. The molecule has 5 heteroatoms. The minimum absolute atomic E-state index is 0.578. The molecule has 0 aliphatic rings. The number of rotatable bonds is 2. The van der Waals surface area contributed by atoms with E-state index >= 15 is 0 Å². The van der Waals surface area contributed by atoms with E-state index in [0.717, 1.165) is 10.4 Å². The van der Waals surface area contributed by atoms with Crippen LogP contribution in [0.4, 0.5) is 0 Å². The van der Waals surface area contributed by atoms with Crippen molar-refractivity contribution < 1.29 is 8.76 Å². The van der Waals surface area contributed by atoms with Crippen molar-refractivity contribution in [2.24, 2.45) is 0 Å². The van der Waals surface area contributed by atoms with Crippen LogP contribution in [0.5, 0.6) is 0 Å². The summed E-state index contributed by atoms with van der Waals surface area (Å²) in [6, 6.07) is 9.82. The fraction of sp³-hybridized carbons (Fsp3) is 0.0909. The summed E-state index contributed by atoms with van der Waals surface area (Å²) in [6.07, 6.45) is 2.99. The molecule has 0 spiro atoms. The summed E-state index contributed by atoms with van der Waals surface area (Å²) in [5.41, 5.74) is 1.07. The van der Waals surface area contributed by atoms with Crippen LogP contribution in [0.25, 0.3) is 10.4 Å². The number of hydrogen-bond donors (Lipinski definition) is 1. The van der Waals surface area contributed by atoms with Crippen molar-refractivity contribution in [3.05, 3.63) is 41.5 Å². The molecule has 0 aliphatic heterocycles. The highest BCUT2D eigenvalue weighted by Gasteiger charge is 2.03. The molecule has 1 aromatic carbocycles. The van der Waals surface area contributed by atoms with Gasteiger partial charge in [-0.05, 0) is 5.56 Å². The number of benzene rings is 1. The Morgan fingerprint density at radius 2 is 2.06 bits per heavy atom. The van der Waals surface area contributed by atoms with Crippen molar-refractivity contribution in [2.45, 2.75) is 0 Å². The van der Waals surface area contributed by atoms with Gasteiger partial charge in [0.05, 0.1) is 20.0 Å². The molecule has 0 amide bonds. The summed E-state index contributed by atoms with van der Waals surface area (Å²) in [5.74, 6) is 0. The van der Waals surface area contributed by atoms with Crippen LogP contribution >= 0.6 is 11.3 Å². The molecule has 3 nitrogen and oxygen atoms in total. The molecular formula is C11H11NO2S2. The Labute approximate surface area is 98.6 Å². The third-order valence-corrected chi connectivity index (χ3v) is 3.70. The van der Waals surface area contributed by atoms with E-state index in [1.807, 2.05) is 30.3 Å². The van der Waals surface area contributed by atoms with E-state index < -0.39 is 9.80 Å². The molecule has 1 unspecified atom stereocenters. The molecule has 0 saturated heterocycles. The minimum Gasteiger partial charge on any atom is -0.313 e. The predicted molar refractivity (Wildman–Crippen MR) is 69.4 cm³/mol. The maximum atomic E-state index is 11.2. The zero-order chi connectivity index (χ0) is 11.6. The summed E-state index contributed by atoms with van der Waals surface area (Å²) >= 11 is 1.41. The monoisotopic (exact) mass is 253 g/mol. The van der Waals surface area contributed by atoms with E-state index in [2.05, 4.69) is 4.98 Å². The summed E-state index contributed by atoms with van der Waals surface area (Å²) in [6.45, 7) is 0. The lowest BCUT2D eigenvalue weighted by Gasteiger charge is -1.93. The van der Waals surface area contributed by atoms with Crippen LogP contribution in [0.3, 0.4) is 0 Å². The highest BCUT2D eigenvalue weighted by atomic mass is 32.2. The lowest BCUT2D eigenvalue weighted by atomic mass is 10.2. The van der Waals surface area contributed by atoms with Gasteiger partial charge >= 0.3 is 0 Å². The third-order valence-electron chi connectivity index (χ3n) is 1.90. The van der Waals surface area contributed by atoms with Crippen LogP contribution in [0.2, 0.25) is 0 Å². The van der Waals surface area contributed by atoms with Gasteiger partial charge in [-0.25, -0.2) is 9.19 Å². The highest BCUT2D eigenvalue weighted by molar-refractivity contribution is 7.95. The molecule has 2 rings (SSSR count). The Balaban J connectivity index is 2.38. The number of thiazole rings is 1. The second-order valence-electron chi connectivity index (χ2n) is 3.41. The molecule has 0 bridgehead atoms. The average molecular weight is 253 g/mol. The molecule has 1 heterocycles. The van der Waals surface area contributed by atoms with Gasteiger partial charge in [0.1, 0.15) is 5.01 Å². The van der Waals surface area contributed by atoms with Crippen LogP contribution in [0, 0.1) is 0 Å². The van der Waals surface area contributed by atoms with E-state index in [0.29, 0.717) is 5.01 Å². The van der Waals surface area contributed by atoms with Gasteiger partial charge in [0, 0.05) is 12.5 Å². The van der Waals surface area contributed by atoms with E-state index in [1.165, 1.54) is 23.0 Å². The molecule has 1 N–H and O–H groups in total. The Morgan fingerprint density at radius 3 is 2.69 bits per heavy atom. The molecule has 0 saturated carbocycles. The summed E-state index contributed by atoms with van der Waals surface area (Å²) in [4.78, 5) is 5.10. The normalized spacial score (nSPS) is 14.4. The maximum Gasteiger partial charge on any atom is 0.126 e. The molecule has 2 aromatic rings. The SMILES string of the molecule is CS(=O)(O)=Cc1ncc(-c2ccccc2)s1. The van der Waals surface area contributed by atoms with Gasteiger partial charge in [-0.1, -0.05) is 30.3 Å². The zero-order valence-electron chi connectivity index (χ0n) is 8.66. The lowest BCUT2D eigenvalue weighted by molar-refractivity contribution is 0.566. The van der Waals surface area contributed by atoms with Crippen LogP contribution in [0.15, 0.2) is 36.5 Å². The number of aromatic nitrogens is 1. The second kappa shape index (κ2) is 4.37. The summed E-state index contributed by atoms with van der Waals surface area (Å²) in [7, 11) is -2.87. The van der Waals surface area contributed by atoms with Crippen LogP contribution in [-0.2, 0) is 9.80 Å². The van der Waals surface area contributed by atoms with Gasteiger partial charge < -0.3 is 4.55 Å². The first-order valence-corrected chi connectivity index (χ1v) is 7.42. The minimum atomic E-state index is -2.87. The Bertz CT molecular complexity index is 587. The summed E-state index contributed by atoms with van der Waals surface area (Å²) in [5, 5.41) is 1.87. The third kappa shape index (κ3) is 2.91. The smallest absolute Gasteiger partial charge is 0.126 e. The van der Waals surface area contributed by atoms with Crippen molar-refractivity contribution in [3.8, 4) is 10.4 Å². The molecule has 0 fully saturated rings. The fourth-order valence-electron chi connectivity index (χ4n) is 1.27. The van der Waals surface area contributed by atoms with Crippen molar-refractivity contribution >= 4 is 26.5 Å². The van der Waals surface area contributed by atoms with Crippen LogP contribution in [-0.4, -0.2) is 25.4 Å². The number of nitrogens with zero attached hydrogens (tertiary/aromatic N) is 1. The first-order valence-electron chi connectivity index (χ1n) is 4.62. The Kier molecular flexibility index (Phi) is 3.09. The van der Waals surface area contributed by atoms with E-state index in [1.54, 1.807) is 6.20 Å². The average Bonchev–Trinajstić information content (AvgIpc) is 2.65. The maximum absolute atomic E-state index is 11.2. The molecular weight excluding hydrogens is 242 g/mol. The second-order valence-corrected chi connectivity index (χ2v) is 6.43. The van der Waals surface area contributed by atoms with Gasteiger partial charge in [-0.15, -0.1) is 11.3 Å². The van der Waals surface area contributed by atoms with Crippen LogP contribution < -0.4 is 0 Å². The molecule has 0 radical (unpaired) electrons. The Hall–Kier alpha value is -1.17. The number of hydrogen-bond acceptors (Lipinski definition) is 3. The fourth-order valence-corrected chi connectivity index (χ4v) is 3.12. The zero-order valence-corrected chi connectivity index (χ0v) is 10.3.